The SMILES string of the molecule is Nc1c([N+](=O)[O-])cc(-c2cnc(C3=CCC(O)CC3)nc2)c(F)c1C1CCCO1. The van der Waals surface area contributed by atoms with Crippen molar-refractivity contribution in [2.24, 2.45) is 0 Å². The second-order valence-corrected chi connectivity index (χ2v) is 7.30. The summed E-state index contributed by atoms with van der Waals surface area (Å²) in [5.41, 5.74) is 6.66. The second-order valence-electron chi connectivity index (χ2n) is 7.30. The molecule has 1 aliphatic heterocycles. The summed E-state index contributed by atoms with van der Waals surface area (Å²) in [5, 5.41) is 21.1. The third-order valence-electron chi connectivity index (χ3n) is 5.40. The van der Waals surface area contributed by atoms with Gasteiger partial charge >= 0.3 is 0 Å². The molecule has 1 aliphatic carbocycles. The first-order valence-corrected chi connectivity index (χ1v) is 9.53. The minimum absolute atomic E-state index is 0.0241. The summed E-state index contributed by atoms with van der Waals surface area (Å²) >= 11 is 0. The average molecular weight is 400 g/mol. The maximum Gasteiger partial charge on any atom is 0.293 e. The molecule has 1 saturated heterocycles. The summed E-state index contributed by atoms with van der Waals surface area (Å²) < 4.78 is 20.9. The highest BCUT2D eigenvalue weighted by Gasteiger charge is 2.31. The number of nitro benzene ring substituents is 1. The first-order chi connectivity index (χ1) is 14.0. The smallest absolute Gasteiger partial charge is 0.293 e. The zero-order chi connectivity index (χ0) is 20.5. The Bertz CT molecular complexity index is 971. The predicted octanol–water partition coefficient (Wildman–Crippen LogP) is 3.55. The van der Waals surface area contributed by atoms with Gasteiger partial charge in [0.25, 0.3) is 5.69 Å². The minimum Gasteiger partial charge on any atom is -0.393 e. The number of nitrogen functional groups attached to an aromatic ring is 1. The average Bonchev–Trinajstić information content (AvgIpc) is 3.23. The maximum absolute atomic E-state index is 15.3. The second kappa shape index (κ2) is 7.84. The van der Waals surface area contributed by atoms with Gasteiger partial charge < -0.3 is 15.6 Å². The Balaban J connectivity index is 1.75. The van der Waals surface area contributed by atoms with Crippen molar-refractivity contribution in [3.05, 3.63) is 51.9 Å². The van der Waals surface area contributed by atoms with Crippen LogP contribution in [0.15, 0.2) is 24.5 Å². The van der Waals surface area contributed by atoms with E-state index in [9.17, 15) is 15.2 Å². The van der Waals surface area contributed by atoms with Crippen molar-refractivity contribution < 1.29 is 19.2 Å². The molecule has 0 saturated carbocycles. The lowest BCUT2D eigenvalue weighted by Gasteiger charge is -2.17. The van der Waals surface area contributed by atoms with Gasteiger partial charge in [0.15, 0.2) is 5.82 Å². The van der Waals surface area contributed by atoms with E-state index in [4.69, 9.17) is 10.5 Å². The van der Waals surface area contributed by atoms with Crippen molar-refractivity contribution in [2.45, 2.75) is 44.3 Å². The molecule has 4 rings (SSSR count). The molecule has 2 heterocycles. The largest absolute Gasteiger partial charge is 0.393 e. The van der Waals surface area contributed by atoms with Crippen LogP contribution >= 0.6 is 0 Å². The van der Waals surface area contributed by atoms with Gasteiger partial charge in [0.05, 0.1) is 17.1 Å². The normalized spacial score (nSPS) is 21.8. The molecule has 2 aliphatic rings. The van der Waals surface area contributed by atoms with E-state index < -0.39 is 16.8 Å². The molecule has 2 atom stereocenters. The van der Waals surface area contributed by atoms with Crippen LogP contribution in [0.5, 0.6) is 0 Å². The molecule has 2 unspecified atom stereocenters. The topological polar surface area (TPSA) is 124 Å². The molecule has 1 fully saturated rings. The summed E-state index contributed by atoms with van der Waals surface area (Å²) in [7, 11) is 0. The van der Waals surface area contributed by atoms with Gasteiger partial charge in [-0.2, -0.15) is 0 Å². The molecule has 3 N–H and O–H groups in total. The Hall–Kier alpha value is -2.91. The number of aromatic nitrogens is 2. The molecular weight excluding hydrogens is 379 g/mol. The van der Waals surface area contributed by atoms with E-state index in [1.165, 1.54) is 12.4 Å². The van der Waals surface area contributed by atoms with Crippen LogP contribution in [0.2, 0.25) is 0 Å². The third-order valence-corrected chi connectivity index (χ3v) is 5.40. The standard InChI is InChI=1S/C20H21FN4O4/c21-18-14(8-15(25(27)28)19(22)17(18)16-2-1-7-29-16)12-9-23-20(24-10-12)11-3-5-13(26)6-4-11/h3,8-10,13,16,26H,1-2,4-7,22H2. The van der Waals surface area contributed by atoms with E-state index in [1.54, 1.807) is 0 Å². The monoisotopic (exact) mass is 400 g/mol. The van der Waals surface area contributed by atoms with Crippen LogP contribution < -0.4 is 5.73 Å². The number of benzene rings is 1. The number of aliphatic hydroxyl groups excluding tert-OH is 1. The van der Waals surface area contributed by atoms with E-state index in [2.05, 4.69) is 9.97 Å². The van der Waals surface area contributed by atoms with Gasteiger partial charge in [-0.05, 0) is 37.7 Å². The number of hydrogen-bond acceptors (Lipinski definition) is 7. The molecule has 8 nitrogen and oxygen atoms in total. The number of nitro groups is 1. The van der Waals surface area contributed by atoms with Crippen LogP contribution in [0.4, 0.5) is 15.8 Å². The van der Waals surface area contributed by atoms with Crippen molar-refractivity contribution in [3.8, 4) is 11.1 Å². The predicted molar refractivity (Wildman–Crippen MR) is 104 cm³/mol. The van der Waals surface area contributed by atoms with Gasteiger partial charge in [-0.15, -0.1) is 0 Å². The fourth-order valence-electron chi connectivity index (χ4n) is 3.82. The summed E-state index contributed by atoms with van der Waals surface area (Å²) in [4.78, 5) is 19.5. The van der Waals surface area contributed by atoms with Crippen LogP contribution in [-0.4, -0.2) is 32.7 Å². The number of anilines is 1. The van der Waals surface area contributed by atoms with Crippen molar-refractivity contribution >= 4 is 16.9 Å². The van der Waals surface area contributed by atoms with E-state index >= 15 is 4.39 Å². The van der Waals surface area contributed by atoms with Crippen molar-refractivity contribution in [1.82, 2.24) is 9.97 Å². The molecular formula is C20H21FN4O4. The number of aliphatic hydroxyl groups is 1. The molecule has 2 aromatic rings. The highest BCUT2D eigenvalue weighted by molar-refractivity contribution is 5.76. The minimum atomic E-state index is -0.642. The quantitative estimate of drug-likeness (QED) is 0.457. The number of ether oxygens (including phenoxy) is 1. The Labute approximate surface area is 166 Å². The van der Waals surface area contributed by atoms with E-state index in [-0.39, 0.29) is 28.6 Å². The number of rotatable bonds is 4. The number of nitrogens with zero attached hydrogens (tertiary/aromatic N) is 3. The zero-order valence-electron chi connectivity index (χ0n) is 15.7. The van der Waals surface area contributed by atoms with Crippen molar-refractivity contribution in [3.63, 3.8) is 0 Å². The van der Waals surface area contributed by atoms with Crippen molar-refractivity contribution in [2.75, 3.05) is 12.3 Å². The molecule has 152 valence electrons. The van der Waals surface area contributed by atoms with Crippen molar-refractivity contribution in [1.29, 1.82) is 0 Å². The lowest BCUT2D eigenvalue weighted by molar-refractivity contribution is -0.384. The van der Waals surface area contributed by atoms with E-state index in [0.29, 0.717) is 43.7 Å². The molecule has 0 radical (unpaired) electrons. The van der Waals surface area contributed by atoms with Crippen LogP contribution in [0.3, 0.4) is 0 Å². The number of hydrogen-bond donors (Lipinski definition) is 2. The van der Waals surface area contributed by atoms with Gasteiger partial charge in [-0.1, -0.05) is 6.08 Å². The molecule has 0 amide bonds. The summed E-state index contributed by atoms with van der Waals surface area (Å²) in [6.45, 7) is 0.461. The lowest BCUT2D eigenvalue weighted by atomic mass is 9.95. The van der Waals surface area contributed by atoms with Crippen LogP contribution in [0.25, 0.3) is 16.7 Å². The van der Waals surface area contributed by atoms with Crippen LogP contribution in [-0.2, 0) is 4.74 Å². The molecule has 29 heavy (non-hydrogen) atoms. The number of nitrogens with two attached hydrogens (primary N) is 1. The number of halogens is 1. The number of allylic oxidation sites excluding steroid dienone is 1. The van der Waals surface area contributed by atoms with Crippen LogP contribution in [0.1, 0.15) is 49.6 Å². The highest BCUT2D eigenvalue weighted by atomic mass is 19.1. The molecule has 9 heteroatoms. The summed E-state index contributed by atoms with van der Waals surface area (Å²) in [5.74, 6) is -0.137. The Morgan fingerprint density at radius 2 is 2.07 bits per heavy atom. The van der Waals surface area contributed by atoms with E-state index in [1.807, 2.05) is 6.08 Å². The van der Waals surface area contributed by atoms with E-state index in [0.717, 1.165) is 18.1 Å². The zero-order valence-corrected chi connectivity index (χ0v) is 15.7. The van der Waals surface area contributed by atoms with Gasteiger partial charge in [0.2, 0.25) is 0 Å². The first-order valence-electron chi connectivity index (χ1n) is 9.53. The molecule has 0 bridgehead atoms. The Morgan fingerprint density at radius 3 is 2.66 bits per heavy atom. The molecule has 1 aromatic carbocycles. The van der Waals surface area contributed by atoms with Gasteiger partial charge in [-0.3, -0.25) is 10.1 Å². The lowest BCUT2D eigenvalue weighted by Crippen LogP contribution is -2.11. The van der Waals surface area contributed by atoms with Gasteiger partial charge in [-0.25, -0.2) is 14.4 Å². The first kappa shape index (κ1) is 19.4. The van der Waals surface area contributed by atoms with Crippen LogP contribution in [0, 0.1) is 15.9 Å². The summed E-state index contributed by atoms with van der Waals surface area (Å²) in [6, 6.07) is 1.12. The maximum atomic E-state index is 15.3. The molecule has 0 spiro atoms. The fourth-order valence-corrected chi connectivity index (χ4v) is 3.82. The summed E-state index contributed by atoms with van der Waals surface area (Å²) in [6.07, 6.45) is 6.98. The fraction of sp³-hybridized carbons (Fsp3) is 0.400. The Kier molecular flexibility index (Phi) is 5.25. The Morgan fingerprint density at radius 1 is 1.31 bits per heavy atom. The van der Waals surface area contributed by atoms with Gasteiger partial charge in [0.1, 0.15) is 11.5 Å². The van der Waals surface area contributed by atoms with Gasteiger partial charge in [0, 0.05) is 41.8 Å². The molecule has 1 aromatic heterocycles. The highest BCUT2D eigenvalue weighted by Crippen LogP contribution is 2.42. The third kappa shape index (κ3) is 3.70.